The van der Waals surface area contributed by atoms with Crippen molar-refractivity contribution >= 4 is 16.8 Å². The van der Waals surface area contributed by atoms with Crippen molar-refractivity contribution in [3.05, 3.63) is 54.1 Å². The van der Waals surface area contributed by atoms with Gasteiger partial charge in [0.2, 0.25) is 0 Å². The highest BCUT2D eigenvalue weighted by Gasteiger charge is 2.18. The summed E-state index contributed by atoms with van der Waals surface area (Å²) in [6.45, 7) is 1.77. The number of ether oxygens (including phenoxy) is 2. The Bertz CT molecular complexity index is 1030. The lowest BCUT2D eigenvalue weighted by molar-refractivity contribution is 0.0752. The largest absolute Gasteiger partial charge is 0.493 e. The molecular weight excluding hydrogens is 366 g/mol. The summed E-state index contributed by atoms with van der Waals surface area (Å²) >= 11 is 0. The summed E-state index contributed by atoms with van der Waals surface area (Å²) < 4.78 is 10.8. The van der Waals surface area contributed by atoms with E-state index >= 15 is 0 Å². The molecule has 1 aliphatic rings. The van der Waals surface area contributed by atoms with Gasteiger partial charge in [-0.15, -0.1) is 0 Å². The molecule has 150 valence electrons. The van der Waals surface area contributed by atoms with Gasteiger partial charge in [-0.25, -0.2) is 9.99 Å². The van der Waals surface area contributed by atoms with E-state index in [1.54, 1.807) is 14.2 Å². The summed E-state index contributed by atoms with van der Waals surface area (Å²) in [6, 6.07) is 15.2. The van der Waals surface area contributed by atoms with Crippen LogP contribution in [0.15, 0.2) is 48.5 Å². The first kappa shape index (κ1) is 19.2. The highest BCUT2D eigenvalue weighted by atomic mass is 16.5. The minimum Gasteiger partial charge on any atom is -0.493 e. The molecule has 29 heavy (non-hydrogen) atoms. The average molecular weight is 391 g/mol. The number of amides is 1. The molecule has 1 amide bonds. The summed E-state index contributed by atoms with van der Waals surface area (Å²) in [5.74, 6) is 1.17. The van der Waals surface area contributed by atoms with Crippen molar-refractivity contribution in [2.24, 2.45) is 0 Å². The van der Waals surface area contributed by atoms with E-state index in [9.17, 15) is 4.79 Å². The molecular formula is C23H25N3O3. The molecule has 0 aliphatic carbocycles. The number of nitrogens with zero attached hydrogens (tertiary/aromatic N) is 2. The second kappa shape index (κ2) is 8.49. The summed E-state index contributed by atoms with van der Waals surface area (Å²) in [4.78, 5) is 17.9. The van der Waals surface area contributed by atoms with E-state index < -0.39 is 0 Å². The van der Waals surface area contributed by atoms with Crippen molar-refractivity contribution in [2.75, 3.05) is 27.3 Å². The summed E-state index contributed by atoms with van der Waals surface area (Å²) in [5, 5.41) is 2.85. The minimum absolute atomic E-state index is 0.104. The molecule has 0 radical (unpaired) electrons. The molecule has 1 N–H and O–H groups in total. The average Bonchev–Trinajstić information content (AvgIpc) is 2.78. The molecule has 6 heteroatoms. The van der Waals surface area contributed by atoms with E-state index in [0.29, 0.717) is 22.8 Å². The van der Waals surface area contributed by atoms with Gasteiger partial charge in [0, 0.05) is 24.0 Å². The Hall–Kier alpha value is -3.12. The second-order valence-corrected chi connectivity index (χ2v) is 7.13. The van der Waals surface area contributed by atoms with Crippen LogP contribution in [0.2, 0.25) is 0 Å². The van der Waals surface area contributed by atoms with Crippen LogP contribution in [0.1, 0.15) is 29.6 Å². The quantitative estimate of drug-likeness (QED) is 0.711. The molecule has 6 nitrogen and oxygen atoms in total. The summed E-state index contributed by atoms with van der Waals surface area (Å²) in [5.41, 5.74) is 6.04. The molecule has 2 aromatic carbocycles. The lowest BCUT2D eigenvalue weighted by atomic mass is 10.0. The molecule has 0 spiro atoms. The highest BCUT2D eigenvalue weighted by molar-refractivity contribution is 6.07. The summed E-state index contributed by atoms with van der Waals surface area (Å²) in [7, 11) is 3.21. The van der Waals surface area contributed by atoms with Crippen LogP contribution in [0.3, 0.4) is 0 Å². The van der Waals surface area contributed by atoms with Crippen molar-refractivity contribution < 1.29 is 14.3 Å². The molecule has 0 atom stereocenters. The molecule has 1 saturated heterocycles. The van der Waals surface area contributed by atoms with Gasteiger partial charge in [-0.3, -0.25) is 10.2 Å². The maximum Gasteiger partial charge on any atom is 0.266 e. The van der Waals surface area contributed by atoms with Gasteiger partial charge in [0.05, 0.1) is 31.0 Å². The third-order valence-corrected chi connectivity index (χ3v) is 5.26. The fourth-order valence-electron chi connectivity index (χ4n) is 3.72. The van der Waals surface area contributed by atoms with Crippen LogP contribution in [-0.2, 0) is 0 Å². The smallest absolute Gasteiger partial charge is 0.266 e. The molecule has 2 heterocycles. The topological polar surface area (TPSA) is 63.7 Å². The van der Waals surface area contributed by atoms with Crippen LogP contribution in [-0.4, -0.2) is 43.2 Å². The maximum absolute atomic E-state index is 13.1. The Kier molecular flexibility index (Phi) is 5.62. The van der Waals surface area contributed by atoms with Crippen LogP contribution >= 0.6 is 0 Å². The number of carbonyl (C=O) groups is 1. The number of hydrogen-bond acceptors (Lipinski definition) is 5. The van der Waals surface area contributed by atoms with Crippen LogP contribution in [0.5, 0.6) is 11.5 Å². The molecule has 0 unspecified atom stereocenters. The number of para-hydroxylation sites is 1. The first-order valence-corrected chi connectivity index (χ1v) is 9.87. The molecule has 0 bridgehead atoms. The van der Waals surface area contributed by atoms with Crippen LogP contribution in [0, 0.1) is 0 Å². The summed E-state index contributed by atoms with van der Waals surface area (Å²) in [6.07, 6.45) is 3.43. The van der Waals surface area contributed by atoms with Crippen molar-refractivity contribution in [1.82, 2.24) is 15.4 Å². The standard InChI is InChI=1S/C23H25N3O3/c1-28-21-11-10-16(14-22(21)29-2)20-15-18(17-8-4-5-9-19(17)24-20)23(27)25-26-12-6-3-7-13-26/h4-5,8-11,14-15H,3,6-7,12-13H2,1-2H3,(H,25,27). The predicted molar refractivity (Wildman–Crippen MR) is 113 cm³/mol. The Labute approximate surface area is 170 Å². The number of fused-ring (bicyclic) bond motifs is 1. The van der Waals surface area contributed by atoms with Gasteiger partial charge in [0.1, 0.15) is 0 Å². The number of nitrogens with one attached hydrogen (secondary N) is 1. The second-order valence-electron chi connectivity index (χ2n) is 7.13. The number of piperidine rings is 1. The molecule has 3 aromatic rings. The number of benzene rings is 2. The molecule has 1 aromatic heterocycles. The van der Waals surface area contributed by atoms with E-state index in [1.165, 1.54) is 6.42 Å². The van der Waals surface area contributed by atoms with Crippen molar-refractivity contribution in [1.29, 1.82) is 0 Å². The Morgan fingerprint density at radius 3 is 2.48 bits per heavy atom. The zero-order valence-corrected chi connectivity index (χ0v) is 16.8. The number of aromatic nitrogens is 1. The first-order chi connectivity index (χ1) is 14.2. The van der Waals surface area contributed by atoms with Crippen LogP contribution in [0.4, 0.5) is 0 Å². The van der Waals surface area contributed by atoms with Gasteiger partial charge >= 0.3 is 0 Å². The van der Waals surface area contributed by atoms with E-state index in [4.69, 9.17) is 14.5 Å². The molecule has 0 saturated carbocycles. The highest BCUT2D eigenvalue weighted by Crippen LogP contribution is 2.33. The van der Waals surface area contributed by atoms with E-state index in [1.807, 2.05) is 53.5 Å². The van der Waals surface area contributed by atoms with E-state index in [2.05, 4.69) is 5.43 Å². The van der Waals surface area contributed by atoms with Gasteiger partial charge < -0.3 is 9.47 Å². The van der Waals surface area contributed by atoms with Gasteiger partial charge in [-0.05, 0) is 43.2 Å². The Morgan fingerprint density at radius 1 is 0.966 bits per heavy atom. The Morgan fingerprint density at radius 2 is 1.72 bits per heavy atom. The van der Waals surface area contributed by atoms with Crippen LogP contribution < -0.4 is 14.9 Å². The molecule has 4 rings (SSSR count). The van der Waals surface area contributed by atoms with Gasteiger partial charge in [0.15, 0.2) is 11.5 Å². The number of methoxy groups -OCH3 is 2. The van der Waals surface area contributed by atoms with Crippen molar-refractivity contribution in [2.45, 2.75) is 19.3 Å². The van der Waals surface area contributed by atoms with Crippen molar-refractivity contribution in [3.63, 3.8) is 0 Å². The lowest BCUT2D eigenvalue weighted by Crippen LogP contribution is -2.45. The zero-order valence-electron chi connectivity index (χ0n) is 16.8. The van der Waals surface area contributed by atoms with Crippen molar-refractivity contribution in [3.8, 4) is 22.8 Å². The minimum atomic E-state index is -0.104. The number of carbonyl (C=O) groups excluding carboxylic acids is 1. The number of hydrogen-bond donors (Lipinski definition) is 1. The van der Waals surface area contributed by atoms with E-state index in [0.717, 1.165) is 42.4 Å². The van der Waals surface area contributed by atoms with Gasteiger partial charge in [-0.1, -0.05) is 24.6 Å². The third-order valence-electron chi connectivity index (χ3n) is 5.26. The predicted octanol–water partition coefficient (Wildman–Crippen LogP) is 4.05. The first-order valence-electron chi connectivity index (χ1n) is 9.87. The fraction of sp³-hybridized carbons (Fsp3) is 0.304. The zero-order chi connectivity index (χ0) is 20.2. The normalized spacial score (nSPS) is 14.6. The van der Waals surface area contributed by atoms with Crippen LogP contribution in [0.25, 0.3) is 22.2 Å². The monoisotopic (exact) mass is 391 g/mol. The number of pyridine rings is 1. The molecule has 1 aliphatic heterocycles. The van der Waals surface area contributed by atoms with Gasteiger partial charge in [-0.2, -0.15) is 0 Å². The van der Waals surface area contributed by atoms with E-state index in [-0.39, 0.29) is 5.91 Å². The van der Waals surface area contributed by atoms with Gasteiger partial charge in [0.25, 0.3) is 5.91 Å². The third kappa shape index (κ3) is 4.03. The number of hydrazine groups is 1. The Balaban J connectivity index is 1.75. The SMILES string of the molecule is COc1ccc(-c2cc(C(=O)NN3CCCCC3)c3ccccc3n2)cc1OC. The number of rotatable bonds is 5. The molecule has 1 fully saturated rings. The maximum atomic E-state index is 13.1. The fourth-order valence-corrected chi connectivity index (χ4v) is 3.72. The lowest BCUT2D eigenvalue weighted by Gasteiger charge is -2.27.